The third-order valence-electron chi connectivity index (χ3n) is 2.15. The Hall–Kier alpha value is -0.950. The molecule has 62 valence electrons. The summed E-state index contributed by atoms with van der Waals surface area (Å²) in [6.07, 6.45) is 2.32. The predicted octanol–water partition coefficient (Wildman–Crippen LogP) is 1.09. The lowest BCUT2D eigenvalue weighted by atomic mass is 10.1. The van der Waals surface area contributed by atoms with Crippen LogP contribution in [0.3, 0.4) is 0 Å². The molecular formula is C8H8N2OS. The highest BCUT2D eigenvalue weighted by Crippen LogP contribution is 2.39. The fourth-order valence-corrected chi connectivity index (χ4v) is 2.63. The van der Waals surface area contributed by atoms with Crippen LogP contribution < -0.4 is 0 Å². The van der Waals surface area contributed by atoms with Crippen LogP contribution in [0.15, 0.2) is 11.8 Å². The van der Waals surface area contributed by atoms with Gasteiger partial charge < -0.3 is 4.90 Å². The molecule has 0 saturated carbocycles. The smallest absolute Gasteiger partial charge is 0.230 e. The average molecular weight is 180 g/mol. The minimum atomic E-state index is 0.132. The van der Waals surface area contributed by atoms with Crippen molar-refractivity contribution >= 4 is 17.7 Å². The Balaban J connectivity index is 2.26. The summed E-state index contributed by atoms with van der Waals surface area (Å²) in [7, 11) is 0. The van der Waals surface area contributed by atoms with Gasteiger partial charge in [0.1, 0.15) is 0 Å². The van der Waals surface area contributed by atoms with Gasteiger partial charge in [0.05, 0.1) is 23.4 Å². The number of hydrogen-bond acceptors (Lipinski definition) is 3. The van der Waals surface area contributed by atoms with E-state index in [0.29, 0.717) is 17.4 Å². The fraction of sp³-hybridized carbons (Fsp3) is 0.500. The van der Waals surface area contributed by atoms with Gasteiger partial charge in [0.15, 0.2) is 0 Å². The second-order valence-electron chi connectivity index (χ2n) is 2.93. The first-order valence-corrected chi connectivity index (χ1v) is 4.75. The summed E-state index contributed by atoms with van der Waals surface area (Å²) in [5.74, 6) is 0.132. The monoisotopic (exact) mass is 180 g/mol. The van der Waals surface area contributed by atoms with Crippen molar-refractivity contribution in [2.75, 3.05) is 0 Å². The zero-order valence-corrected chi connectivity index (χ0v) is 7.47. The Labute approximate surface area is 75.0 Å². The Morgan fingerprint density at radius 3 is 3.17 bits per heavy atom. The van der Waals surface area contributed by atoms with E-state index in [-0.39, 0.29) is 11.2 Å². The van der Waals surface area contributed by atoms with Crippen LogP contribution in [0.25, 0.3) is 0 Å². The minimum Gasteiger partial charge on any atom is -0.305 e. The Morgan fingerprint density at radius 1 is 1.83 bits per heavy atom. The maximum Gasteiger partial charge on any atom is 0.230 e. The first-order valence-electron chi connectivity index (χ1n) is 3.81. The van der Waals surface area contributed by atoms with Crippen LogP contribution in [0.4, 0.5) is 0 Å². The molecule has 2 atom stereocenters. The van der Waals surface area contributed by atoms with Gasteiger partial charge in [0.25, 0.3) is 0 Å². The van der Waals surface area contributed by atoms with Crippen LogP contribution in [-0.2, 0) is 4.79 Å². The van der Waals surface area contributed by atoms with Crippen molar-refractivity contribution < 1.29 is 4.79 Å². The van der Waals surface area contributed by atoms with E-state index in [1.807, 2.05) is 6.92 Å². The number of β-lactam (4-membered cyclic amide) rings is 1. The van der Waals surface area contributed by atoms with Crippen molar-refractivity contribution in [2.45, 2.75) is 24.0 Å². The third kappa shape index (κ3) is 0.935. The normalized spacial score (nSPS) is 33.2. The van der Waals surface area contributed by atoms with Crippen molar-refractivity contribution in [2.24, 2.45) is 0 Å². The maximum atomic E-state index is 11.0. The molecule has 4 heteroatoms. The van der Waals surface area contributed by atoms with Crippen molar-refractivity contribution in [1.82, 2.24) is 4.90 Å². The zero-order chi connectivity index (χ0) is 8.72. The Kier molecular flexibility index (Phi) is 1.62. The highest BCUT2D eigenvalue weighted by molar-refractivity contribution is 8.00. The molecule has 2 aliphatic rings. The molecular weight excluding hydrogens is 172 g/mol. The van der Waals surface area contributed by atoms with Crippen LogP contribution in [0.1, 0.15) is 13.3 Å². The van der Waals surface area contributed by atoms with Crippen LogP contribution in [-0.4, -0.2) is 21.4 Å². The highest BCUT2D eigenvalue weighted by Gasteiger charge is 2.40. The predicted molar refractivity (Wildman–Crippen MR) is 46.0 cm³/mol. The number of nitriles is 1. The first kappa shape index (κ1) is 7.69. The van der Waals surface area contributed by atoms with Gasteiger partial charge in [0.2, 0.25) is 5.91 Å². The summed E-state index contributed by atoms with van der Waals surface area (Å²) in [6, 6.07) is 2.11. The van der Waals surface area contributed by atoms with E-state index in [9.17, 15) is 4.79 Å². The molecule has 1 fully saturated rings. The number of fused-ring (bicyclic) bond motifs is 1. The molecule has 1 unspecified atom stereocenters. The lowest BCUT2D eigenvalue weighted by molar-refractivity contribution is -0.137. The second-order valence-corrected chi connectivity index (χ2v) is 4.46. The number of hydrogen-bond donors (Lipinski definition) is 0. The topological polar surface area (TPSA) is 44.1 Å². The maximum absolute atomic E-state index is 11.0. The number of rotatable bonds is 0. The minimum absolute atomic E-state index is 0.132. The van der Waals surface area contributed by atoms with E-state index in [1.165, 1.54) is 0 Å². The molecule has 0 radical (unpaired) electrons. The van der Waals surface area contributed by atoms with Gasteiger partial charge in [-0.1, -0.05) is 0 Å². The number of thioether (sulfide) groups is 1. The van der Waals surface area contributed by atoms with Crippen LogP contribution in [0.2, 0.25) is 0 Å². The average Bonchev–Trinajstić information content (AvgIpc) is 2.04. The molecule has 0 aromatic carbocycles. The molecule has 2 heterocycles. The van der Waals surface area contributed by atoms with Gasteiger partial charge in [-0.3, -0.25) is 4.79 Å². The molecule has 0 aliphatic carbocycles. The van der Waals surface area contributed by atoms with Gasteiger partial charge in [0, 0.05) is 11.4 Å². The van der Waals surface area contributed by atoms with E-state index in [2.05, 4.69) is 6.07 Å². The Bertz CT molecular complexity index is 305. The molecule has 0 bridgehead atoms. The first-order chi connectivity index (χ1) is 5.72. The molecule has 12 heavy (non-hydrogen) atoms. The molecule has 1 amide bonds. The van der Waals surface area contributed by atoms with E-state index in [4.69, 9.17) is 5.26 Å². The third-order valence-corrected chi connectivity index (χ3v) is 3.52. The van der Waals surface area contributed by atoms with E-state index in [0.717, 1.165) is 0 Å². The molecule has 0 N–H and O–H groups in total. The van der Waals surface area contributed by atoms with Gasteiger partial charge in [-0.2, -0.15) is 5.26 Å². The van der Waals surface area contributed by atoms with Crippen LogP contribution in [0.5, 0.6) is 0 Å². The largest absolute Gasteiger partial charge is 0.305 e. The summed E-state index contributed by atoms with van der Waals surface area (Å²) in [5, 5.41) is 9.24. The van der Waals surface area contributed by atoms with Gasteiger partial charge in [-0.25, -0.2) is 0 Å². The van der Waals surface area contributed by atoms with Crippen molar-refractivity contribution in [1.29, 1.82) is 5.26 Å². The zero-order valence-electron chi connectivity index (χ0n) is 6.65. The quantitative estimate of drug-likeness (QED) is 0.524. The van der Waals surface area contributed by atoms with Gasteiger partial charge in [-0.15, -0.1) is 11.8 Å². The number of carbonyl (C=O) groups excluding carboxylic acids is 1. The van der Waals surface area contributed by atoms with E-state index < -0.39 is 0 Å². The van der Waals surface area contributed by atoms with Crippen molar-refractivity contribution in [3.8, 4) is 6.07 Å². The fourth-order valence-electron chi connectivity index (χ4n) is 1.35. The number of nitrogens with zero attached hydrogens (tertiary/aromatic N) is 2. The summed E-state index contributed by atoms with van der Waals surface area (Å²) in [6.45, 7) is 2.00. The molecule has 0 spiro atoms. The summed E-state index contributed by atoms with van der Waals surface area (Å²) in [5.41, 5.74) is 0.698. The van der Waals surface area contributed by atoms with Gasteiger partial charge >= 0.3 is 0 Å². The molecule has 0 aromatic rings. The van der Waals surface area contributed by atoms with E-state index in [1.54, 1.807) is 22.9 Å². The highest BCUT2D eigenvalue weighted by atomic mass is 32.2. The van der Waals surface area contributed by atoms with Crippen LogP contribution >= 0.6 is 11.8 Å². The summed E-state index contributed by atoms with van der Waals surface area (Å²) < 4.78 is 0. The Morgan fingerprint density at radius 2 is 2.58 bits per heavy atom. The molecule has 2 rings (SSSR count). The van der Waals surface area contributed by atoms with E-state index >= 15 is 0 Å². The van der Waals surface area contributed by atoms with Crippen LogP contribution in [0, 0.1) is 11.3 Å². The lowest BCUT2D eigenvalue weighted by Gasteiger charge is -2.42. The van der Waals surface area contributed by atoms with Gasteiger partial charge in [-0.05, 0) is 6.92 Å². The standard InChI is InChI=1S/C8H8N2OS/c1-5-6(3-9)4-10-7(11)2-8(10)12-5/h4-5,8H,2H2,1H3/t5?,8-/m0/s1. The second kappa shape index (κ2) is 2.53. The molecule has 1 saturated heterocycles. The molecule has 3 nitrogen and oxygen atoms in total. The SMILES string of the molecule is CC1S[C@H]2CC(=O)N2C=C1C#N. The lowest BCUT2D eigenvalue weighted by Crippen LogP contribution is -2.50. The summed E-state index contributed by atoms with van der Waals surface area (Å²) in [4.78, 5) is 12.6. The molecule has 2 aliphatic heterocycles. The molecule has 0 aromatic heterocycles. The number of carbonyl (C=O) groups is 1. The number of amides is 1. The van der Waals surface area contributed by atoms with Crippen molar-refractivity contribution in [3.05, 3.63) is 11.8 Å². The van der Waals surface area contributed by atoms with Crippen molar-refractivity contribution in [3.63, 3.8) is 0 Å². The summed E-state index contributed by atoms with van der Waals surface area (Å²) >= 11 is 1.69.